The minimum Gasteiger partial charge on any atom is -0.462 e. The second-order valence-corrected chi connectivity index (χ2v) is 7.32. The molecule has 1 atom stereocenters. The predicted octanol–water partition coefficient (Wildman–Crippen LogP) is 3.14. The number of rotatable bonds is 8. The highest BCUT2D eigenvalue weighted by Crippen LogP contribution is 2.30. The van der Waals surface area contributed by atoms with Crippen molar-refractivity contribution in [3.63, 3.8) is 0 Å². The van der Waals surface area contributed by atoms with Gasteiger partial charge in [0.05, 0.1) is 6.10 Å². The Morgan fingerprint density at radius 1 is 1.30 bits per heavy atom. The van der Waals surface area contributed by atoms with Crippen molar-refractivity contribution in [3.8, 4) is 0 Å². The maximum atomic E-state index is 12.0. The predicted molar refractivity (Wildman–Crippen MR) is 85.8 cm³/mol. The van der Waals surface area contributed by atoms with Crippen LogP contribution in [-0.2, 0) is 9.53 Å². The van der Waals surface area contributed by atoms with Crippen LogP contribution < -0.4 is 5.32 Å². The Morgan fingerprint density at radius 2 is 1.95 bits per heavy atom. The van der Waals surface area contributed by atoms with Crippen LogP contribution in [0.3, 0.4) is 0 Å². The van der Waals surface area contributed by atoms with Gasteiger partial charge in [-0.05, 0) is 26.0 Å². The number of hydrogen-bond acceptors (Lipinski definition) is 6. The van der Waals surface area contributed by atoms with Crippen LogP contribution in [0.25, 0.3) is 0 Å². The van der Waals surface area contributed by atoms with Gasteiger partial charge < -0.3 is 10.1 Å². The Kier molecular flexibility index (Phi) is 8.02. The third-order valence-electron chi connectivity index (χ3n) is 2.21. The lowest BCUT2D eigenvalue weighted by molar-refractivity contribution is -0.149. The summed E-state index contributed by atoms with van der Waals surface area (Å²) in [7, 11) is 3.28. The van der Waals surface area contributed by atoms with Crippen LogP contribution in [-0.4, -0.2) is 34.9 Å². The van der Waals surface area contributed by atoms with Gasteiger partial charge in [0.1, 0.15) is 6.04 Å². The zero-order valence-corrected chi connectivity index (χ0v) is 14.0. The number of pyridine rings is 1. The molecule has 0 radical (unpaired) electrons. The van der Waals surface area contributed by atoms with Crippen LogP contribution in [0.2, 0.25) is 0 Å². The van der Waals surface area contributed by atoms with E-state index in [0.29, 0.717) is 5.75 Å². The van der Waals surface area contributed by atoms with Crippen molar-refractivity contribution in [2.45, 2.75) is 50.8 Å². The first-order chi connectivity index (χ1) is 9.49. The molecule has 0 aromatic carbocycles. The van der Waals surface area contributed by atoms with Gasteiger partial charge in [-0.25, -0.2) is 0 Å². The van der Waals surface area contributed by atoms with Crippen molar-refractivity contribution in [3.05, 3.63) is 24.5 Å². The third-order valence-corrected chi connectivity index (χ3v) is 4.60. The summed E-state index contributed by atoms with van der Waals surface area (Å²) in [5.74, 6) is 0.480. The SMILES string of the molecule is CC(C)NC(CSSc1ccncc1)C(=O)OC(C)C. The average molecular weight is 314 g/mol. The topological polar surface area (TPSA) is 51.2 Å². The van der Waals surface area contributed by atoms with E-state index in [1.807, 2.05) is 39.8 Å². The summed E-state index contributed by atoms with van der Waals surface area (Å²) in [6.45, 7) is 7.78. The van der Waals surface area contributed by atoms with Gasteiger partial charge in [-0.2, -0.15) is 0 Å². The molecule has 0 bridgehead atoms. The summed E-state index contributed by atoms with van der Waals surface area (Å²) in [6.07, 6.45) is 3.44. The number of esters is 1. The van der Waals surface area contributed by atoms with E-state index >= 15 is 0 Å². The molecule has 112 valence electrons. The van der Waals surface area contributed by atoms with Crippen molar-refractivity contribution >= 4 is 27.6 Å². The largest absolute Gasteiger partial charge is 0.462 e. The van der Waals surface area contributed by atoms with Crippen LogP contribution in [0.4, 0.5) is 0 Å². The minimum atomic E-state index is -0.281. The molecule has 20 heavy (non-hydrogen) atoms. The molecule has 0 saturated carbocycles. The lowest BCUT2D eigenvalue weighted by Crippen LogP contribution is -2.44. The molecule has 0 spiro atoms. The zero-order chi connectivity index (χ0) is 15.0. The normalized spacial score (nSPS) is 12.7. The number of ether oxygens (including phenoxy) is 1. The van der Waals surface area contributed by atoms with Crippen molar-refractivity contribution in [2.24, 2.45) is 0 Å². The quantitative estimate of drug-likeness (QED) is 0.587. The molecule has 0 amide bonds. The van der Waals surface area contributed by atoms with Gasteiger partial charge in [-0.15, -0.1) is 0 Å². The number of aromatic nitrogens is 1. The van der Waals surface area contributed by atoms with E-state index in [2.05, 4.69) is 10.3 Å². The van der Waals surface area contributed by atoms with Gasteiger partial charge in [0, 0.05) is 29.1 Å². The molecule has 1 N–H and O–H groups in total. The van der Waals surface area contributed by atoms with Gasteiger partial charge in [-0.3, -0.25) is 9.78 Å². The van der Waals surface area contributed by atoms with E-state index < -0.39 is 0 Å². The first kappa shape index (κ1) is 17.3. The molecule has 0 saturated heterocycles. The Bertz CT molecular complexity index is 399. The fourth-order valence-electron chi connectivity index (χ4n) is 1.46. The minimum absolute atomic E-state index is 0.0863. The van der Waals surface area contributed by atoms with Crippen LogP contribution >= 0.6 is 21.6 Å². The van der Waals surface area contributed by atoms with Gasteiger partial charge in [-0.1, -0.05) is 35.4 Å². The monoisotopic (exact) mass is 314 g/mol. The lowest BCUT2D eigenvalue weighted by atomic mass is 10.3. The first-order valence-electron chi connectivity index (χ1n) is 6.65. The molecule has 0 aliphatic rings. The summed E-state index contributed by atoms with van der Waals surface area (Å²) < 4.78 is 5.28. The summed E-state index contributed by atoms with van der Waals surface area (Å²) in [5, 5.41) is 3.25. The van der Waals surface area contributed by atoms with Crippen LogP contribution in [0.1, 0.15) is 27.7 Å². The maximum absolute atomic E-state index is 12.0. The smallest absolute Gasteiger partial charge is 0.324 e. The Labute approximate surface area is 128 Å². The van der Waals surface area contributed by atoms with E-state index in [0.717, 1.165) is 4.90 Å². The zero-order valence-electron chi connectivity index (χ0n) is 12.3. The molecule has 1 aromatic rings. The molecule has 0 fully saturated rings. The second-order valence-electron chi connectivity index (χ2n) is 4.91. The standard InChI is InChI=1S/C14H22N2O2S2/c1-10(2)16-13(14(17)18-11(3)4)9-19-20-12-5-7-15-8-6-12/h5-8,10-11,13,16H,9H2,1-4H3. The Balaban J connectivity index is 2.46. The van der Waals surface area contributed by atoms with E-state index in [9.17, 15) is 4.79 Å². The maximum Gasteiger partial charge on any atom is 0.324 e. The van der Waals surface area contributed by atoms with E-state index in [1.54, 1.807) is 34.0 Å². The fourth-order valence-corrected chi connectivity index (χ4v) is 3.62. The van der Waals surface area contributed by atoms with E-state index in [4.69, 9.17) is 4.74 Å². The van der Waals surface area contributed by atoms with E-state index in [1.165, 1.54) is 0 Å². The van der Waals surface area contributed by atoms with Crippen molar-refractivity contribution < 1.29 is 9.53 Å². The molecule has 1 unspecified atom stereocenters. The van der Waals surface area contributed by atoms with Gasteiger partial charge in [0.25, 0.3) is 0 Å². The highest BCUT2D eigenvalue weighted by molar-refractivity contribution is 8.76. The molecule has 4 nitrogen and oxygen atoms in total. The Hall–Kier alpha value is -0.720. The second kappa shape index (κ2) is 9.26. The molecule has 1 rings (SSSR count). The number of nitrogens with one attached hydrogen (secondary N) is 1. The molecule has 0 aliphatic carbocycles. The van der Waals surface area contributed by atoms with Crippen LogP contribution in [0, 0.1) is 0 Å². The highest BCUT2D eigenvalue weighted by Gasteiger charge is 2.21. The average Bonchev–Trinajstić information content (AvgIpc) is 2.37. The van der Waals surface area contributed by atoms with E-state index in [-0.39, 0.29) is 24.2 Å². The van der Waals surface area contributed by atoms with Crippen molar-refractivity contribution in [2.75, 3.05) is 5.75 Å². The summed E-state index contributed by atoms with van der Waals surface area (Å²) in [6, 6.07) is 3.87. The van der Waals surface area contributed by atoms with Crippen molar-refractivity contribution in [1.29, 1.82) is 0 Å². The number of nitrogens with zero attached hydrogens (tertiary/aromatic N) is 1. The molecule has 0 aliphatic heterocycles. The molecule has 1 heterocycles. The first-order valence-corrected chi connectivity index (χ1v) is 8.97. The molecular weight excluding hydrogens is 292 g/mol. The molecule has 6 heteroatoms. The fraction of sp³-hybridized carbons (Fsp3) is 0.571. The van der Waals surface area contributed by atoms with Gasteiger partial charge in [0.15, 0.2) is 0 Å². The Morgan fingerprint density at radius 3 is 2.50 bits per heavy atom. The van der Waals surface area contributed by atoms with Crippen molar-refractivity contribution in [1.82, 2.24) is 10.3 Å². The molecular formula is C14H22N2O2S2. The van der Waals surface area contributed by atoms with Gasteiger partial charge >= 0.3 is 5.97 Å². The third kappa shape index (κ3) is 7.17. The summed E-state index contributed by atoms with van der Waals surface area (Å²) in [4.78, 5) is 17.1. The highest BCUT2D eigenvalue weighted by atomic mass is 33.1. The summed E-state index contributed by atoms with van der Waals surface area (Å²) in [5.41, 5.74) is 0. The number of carbonyl (C=O) groups excluding carboxylic acids is 1. The summed E-state index contributed by atoms with van der Waals surface area (Å²) >= 11 is 0. The van der Waals surface area contributed by atoms with Crippen LogP contribution in [0.15, 0.2) is 29.4 Å². The lowest BCUT2D eigenvalue weighted by Gasteiger charge is -2.20. The number of hydrogen-bond donors (Lipinski definition) is 1. The van der Waals surface area contributed by atoms with Gasteiger partial charge in [0.2, 0.25) is 0 Å². The van der Waals surface area contributed by atoms with Crippen LogP contribution in [0.5, 0.6) is 0 Å². The molecule has 1 aromatic heterocycles. The number of carbonyl (C=O) groups is 1.